The highest BCUT2D eigenvalue weighted by atomic mass is 32.2. The number of likely N-dealkylation sites (N-methyl/N-ethyl adjacent to an activating group) is 1. The highest BCUT2D eigenvalue weighted by Gasteiger charge is 2.42. The number of benzene rings is 1. The summed E-state index contributed by atoms with van der Waals surface area (Å²) in [6.45, 7) is 12.5. The van der Waals surface area contributed by atoms with Crippen molar-refractivity contribution in [3.8, 4) is 0 Å². The van der Waals surface area contributed by atoms with Gasteiger partial charge < -0.3 is 28.8 Å². The van der Waals surface area contributed by atoms with Crippen LogP contribution in [0.4, 0.5) is 0 Å². The summed E-state index contributed by atoms with van der Waals surface area (Å²) in [4.78, 5) is 28.3. The Bertz CT molecular complexity index is 1220. The van der Waals surface area contributed by atoms with Crippen molar-refractivity contribution in [3.05, 3.63) is 39.7 Å². The van der Waals surface area contributed by atoms with Gasteiger partial charge in [-0.1, -0.05) is 6.92 Å². The zero-order valence-electron chi connectivity index (χ0n) is 24.0. The molecule has 4 rings (SSSR count). The minimum absolute atomic E-state index is 0.00515. The van der Waals surface area contributed by atoms with Crippen LogP contribution in [0.15, 0.2) is 28.0 Å². The van der Waals surface area contributed by atoms with E-state index in [0.717, 1.165) is 73.5 Å². The van der Waals surface area contributed by atoms with E-state index in [0.29, 0.717) is 18.6 Å². The molecule has 1 fully saturated rings. The fourth-order valence-corrected chi connectivity index (χ4v) is 6.91. The molecule has 0 bridgehead atoms. The molecule has 9 heteroatoms. The maximum atomic E-state index is 13.1. The number of aromatic nitrogens is 1. The van der Waals surface area contributed by atoms with E-state index in [2.05, 4.69) is 38.7 Å². The third-order valence-electron chi connectivity index (χ3n) is 8.46. The number of carboxylic acid groups (broad SMARTS) is 1. The molecule has 0 saturated carbocycles. The van der Waals surface area contributed by atoms with Gasteiger partial charge in [0.15, 0.2) is 0 Å². The second kappa shape index (κ2) is 13.2. The fourth-order valence-electron chi connectivity index (χ4n) is 5.97. The average molecular weight is 561 g/mol. The molecule has 216 valence electrons. The van der Waals surface area contributed by atoms with Crippen LogP contribution in [0, 0.1) is 0 Å². The van der Waals surface area contributed by atoms with Crippen molar-refractivity contribution in [2.75, 3.05) is 45.7 Å². The number of thioether (sulfide) groups is 1. The third kappa shape index (κ3) is 6.70. The van der Waals surface area contributed by atoms with Crippen LogP contribution in [0.2, 0.25) is 0 Å². The van der Waals surface area contributed by atoms with Gasteiger partial charge in [-0.15, -0.1) is 11.8 Å². The molecule has 0 radical (unpaired) electrons. The molecule has 0 amide bonds. The van der Waals surface area contributed by atoms with Crippen molar-refractivity contribution < 1.29 is 24.1 Å². The summed E-state index contributed by atoms with van der Waals surface area (Å²) in [5.41, 5.74) is 1.19. The molecule has 1 aromatic carbocycles. The smallest absolute Gasteiger partial charge is 0.341 e. The molecule has 1 saturated heterocycles. The Morgan fingerprint density at radius 1 is 1.31 bits per heavy atom. The fraction of sp³-hybridized carbons (Fsp3) is 0.667. The van der Waals surface area contributed by atoms with Gasteiger partial charge in [-0.3, -0.25) is 4.79 Å². The van der Waals surface area contributed by atoms with Crippen LogP contribution < -0.4 is 5.43 Å². The SMILES string of the molecule is CCN(CCCSc1cc2c3c(c1)c(=O)c(C(=O)O)cn3C(C)CCC2)CCO[C@H]1C(C)OCC[C@@]1(C)OC. The second-order valence-electron chi connectivity index (χ2n) is 11.1. The summed E-state index contributed by atoms with van der Waals surface area (Å²) in [7, 11) is 1.75. The molecular formula is C30H44N2O6S. The van der Waals surface area contributed by atoms with E-state index >= 15 is 0 Å². The van der Waals surface area contributed by atoms with Gasteiger partial charge in [0.05, 0.1) is 23.8 Å². The number of carbonyl (C=O) groups is 1. The molecule has 8 nitrogen and oxygen atoms in total. The number of aromatic carboxylic acids is 1. The van der Waals surface area contributed by atoms with Crippen LogP contribution in [-0.4, -0.2) is 84.1 Å². The lowest BCUT2D eigenvalue weighted by atomic mass is 9.89. The standard InChI is InChI=1S/C30H44N2O6S/c1-6-31(13-15-38-28-21(3)37-14-11-30(28,4)36-5)12-8-16-39-23-17-22-10-7-9-20(2)32-19-25(29(34)35)27(33)24(18-23)26(22)32/h17-21,28H,6-16H2,1-5H3,(H,34,35)/t20?,21?,28-,30+/m0/s1. The summed E-state index contributed by atoms with van der Waals surface area (Å²) < 4.78 is 19.9. The molecular weight excluding hydrogens is 516 g/mol. The lowest BCUT2D eigenvalue weighted by Gasteiger charge is -2.43. The predicted molar refractivity (Wildman–Crippen MR) is 155 cm³/mol. The molecule has 2 aromatic rings. The summed E-state index contributed by atoms with van der Waals surface area (Å²) >= 11 is 1.74. The zero-order chi connectivity index (χ0) is 28.2. The number of ether oxygens (including phenoxy) is 3. The number of carboxylic acids is 1. The van der Waals surface area contributed by atoms with Gasteiger partial charge in [0, 0.05) is 49.2 Å². The molecule has 0 spiro atoms. The molecule has 1 N–H and O–H groups in total. The third-order valence-corrected chi connectivity index (χ3v) is 9.53. The summed E-state index contributed by atoms with van der Waals surface area (Å²) in [6.07, 6.45) is 6.17. The molecule has 2 unspecified atom stereocenters. The second-order valence-corrected chi connectivity index (χ2v) is 12.2. The summed E-state index contributed by atoms with van der Waals surface area (Å²) in [6, 6.07) is 4.26. The van der Waals surface area contributed by atoms with Gasteiger partial charge >= 0.3 is 5.97 Å². The van der Waals surface area contributed by atoms with E-state index in [-0.39, 0.29) is 34.8 Å². The largest absolute Gasteiger partial charge is 0.477 e. The Balaban J connectivity index is 1.36. The summed E-state index contributed by atoms with van der Waals surface area (Å²) in [5.74, 6) is -0.247. The zero-order valence-corrected chi connectivity index (χ0v) is 24.8. The summed E-state index contributed by atoms with van der Waals surface area (Å²) in [5, 5.41) is 10.2. The average Bonchev–Trinajstić information content (AvgIpc) is 3.07. The van der Waals surface area contributed by atoms with Crippen LogP contribution >= 0.6 is 11.8 Å². The van der Waals surface area contributed by atoms with Crippen LogP contribution in [0.3, 0.4) is 0 Å². The Morgan fingerprint density at radius 2 is 2.10 bits per heavy atom. The lowest BCUT2D eigenvalue weighted by Crippen LogP contribution is -2.54. The van der Waals surface area contributed by atoms with Gasteiger partial charge in [-0.05, 0) is 83.0 Å². The predicted octanol–water partition coefficient (Wildman–Crippen LogP) is 5.00. The molecule has 4 atom stereocenters. The van der Waals surface area contributed by atoms with Crippen molar-refractivity contribution in [1.29, 1.82) is 0 Å². The quantitative estimate of drug-likeness (QED) is 0.287. The van der Waals surface area contributed by atoms with Crippen LogP contribution in [0.5, 0.6) is 0 Å². The molecule has 1 aromatic heterocycles. The normalized spacial score (nSPS) is 25.2. The monoisotopic (exact) mass is 560 g/mol. The van der Waals surface area contributed by atoms with Crippen molar-refractivity contribution in [1.82, 2.24) is 9.47 Å². The number of aryl methyl sites for hydroxylation is 1. The molecule has 39 heavy (non-hydrogen) atoms. The number of hydrogen-bond acceptors (Lipinski definition) is 7. The van der Waals surface area contributed by atoms with E-state index in [9.17, 15) is 14.7 Å². The Labute approximate surface area is 236 Å². The Morgan fingerprint density at radius 3 is 2.82 bits per heavy atom. The van der Waals surface area contributed by atoms with E-state index in [1.54, 1.807) is 25.1 Å². The van der Waals surface area contributed by atoms with Crippen LogP contribution in [0.1, 0.15) is 75.3 Å². The number of rotatable bonds is 12. The van der Waals surface area contributed by atoms with Crippen LogP contribution in [0.25, 0.3) is 10.9 Å². The van der Waals surface area contributed by atoms with Crippen molar-refractivity contribution in [2.24, 2.45) is 0 Å². The van der Waals surface area contributed by atoms with Gasteiger partial charge in [0.1, 0.15) is 11.7 Å². The van der Waals surface area contributed by atoms with Gasteiger partial charge in [-0.2, -0.15) is 0 Å². The van der Waals surface area contributed by atoms with E-state index in [1.165, 1.54) is 0 Å². The number of methoxy groups -OCH3 is 1. The van der Waals surface area contributed by atoms with Gasteiger partial charge in [0.2, 0.25) is 5.43 Å². The van der Waals surface area contributed by atoms with E-state index in [1.807, 2.05) is 10.6 Å². The minimum atomic E-state index is -1.16. The molecule has 3 heterocycles. The first-order valence-corrected chi connectivity index (χ1v) is 15.3. The van der Waals surface area contributed by atoms with Gasteiger partial charge in [-0.25, -0.2) is 4.79 Å². The van der Waals surface area contributed by atoms with Crippen molar-refractivity contribution in [2.45, 2.75) is 88.5 Å². The van der Waals surface area contributed by atoms with Crippen LogP contribution in [-0.2, 0) is 20.6 Å². The Hall–Kier alpha value is -1.91. The first-order chi connectivity index (χ1) is 18.7. The number of hydrogen-bond donors (Lipinski definition) is 1. The topological polar surface area (TPSA) is 90.2 Å². The van der Waals surface area contributed by atoms with Gasteiger partial charge in [0.25, 0.3) is 0 Å². The van der Waals surface area contributed by atoms with E-state index < -0.39 is 5.97 Å². The Kier molecular flexibility index (Phi) is 10.1. The first-order valence-electron chi connectivity index (χ1n) is 14.3. The lowest BCUT2D eigenvalue weighted by molar-refractivity contribution is -0.209. The number of pyridine rings is 1. The maximum absolute atomic E-state index is 13.1. The molecule has 0 aliphatic carbocycles. The number of nitrogens with zero attached hydrogens (tertiary/aromatic N) is 2. The van der Waals surface area contributed by atoms with Crippen molar-refractivity contribution >= 4 is 28.6 Å². The highest BCUT2D eigenvalue weighted by Crippen LogP contribution is 2.33. The van der Waals surface area contributed by atoms with Crippen molar-refractivity contribution in [3.63, 3.8) is 0 Å². The first kappa shape index (κ1) is 30.1. The van der Waals surface area contributed by atoms with E-state index in [4.69, 9.17) is 14.2 Å². The highest BCUT2D eigenvalue weighted by molar-refractivity contribution is 7.99. The molecule has 2 aliphatic heterocycles. The maximum Gasteiger partial charge on any atom is 0.341 e. The molecule has 2 aliphatic rings. The minimum Gasteiger partial charge on any atom is -0.477 e.